The second-order valence-corrected chi connectivity index (χ2v) is 8.27. The standard InChI is InChI=1S/C16H19N5O4S/c1-26(24,25)13-6-2-11(3-7-13)8-17-15(22)10-21-9-14(19-20-21)18-16(23)12-4-5-12/h2-3,6-7,9,12H,4-5,8,10H2,1H3,(H,17,22)(H,18,23). The highest BCUT2D eigenvalue weighted by Gasteiger charge is 2.30. The summed E-state index contributed by atoms with van der Waals surface area (Å²) >= 11 is 0. The molecule has 1 aliphatic carbocycles. The lowest BCUT2D eigenvalue weighted by Crippen LogP contribution is -2.27. The fourth-order valence-electron chi connectivity index (χ4n) is 2.26. The minimum Gasteiger partial charge on any atom is -0.350 e. The van der Waals surface area contributed by atoms with Crippen LogP contribution < -0.4 is 10.6 Å². The number of aromatic nitrogens is 3. The van der Waals surface area contributed by atoms with Gasteiger partial charge in [-0.25, -0.2) is 13.1 Å². The van der Waals surface area contributed by atoms with Crippen LogP contribution in [0.5, 0.6) is 0 Å². The first-order chi connectivity index (χ1) is 12.3. The van der Waals surface area contributed by atoms with Crippen molar-refractivity contribution in [1.29, 1.82) is 0 Å². The zero-order chi connectivity index (χ0) is 18.7. The normalized spacial score (nSPS) is 14.0. The maximum absolute atomic E-state index is 12.0. The minimum atomic E-state index is -3.24. The van der Waals surface area contributed by atoms with Crippen molar-refractivity contribution in [3.05, 3.63) is 36.0 Å². The molecule has 0 aliphatic heterocycles. The van der Waals surface area contributed by atoms with E-state index >= 15 is 0 Å². The Morgan fingerprint density at radius 2 is 1.92 bits per heavy atom. The van der Waals surface area contributed by atoms with Crippen LogP contribution in [0.1, 0.15) is 18.4 Å². The third-order valence-electron chi connectivity index (χ3n) is 3.88. The fourth-order valence-corrected chi connectivity index (χ4v) is 2.90. The van der Waals surface area contributed by atoms with Gasteiger partial charge in [-0.05, 0) is 30.5 Å². The molecule has 1 heterocycles. The summed E-state index contributed by atoms with van der Waals surface area (Å²) in [5.41, 5.74) is 0.779. The zero-order valence-corrected chi connectivity index (χ0v) is 15.0. The number of hydrogen-bond donors (Lipinski definition) is 2. The van der Waals surface area contributed by atoms with Crippen molar-refractivity contribution >= 4 is 27.5 Å². The molecule has 1 aromatic carbocycles. The predicted octanol–water partition coefficient (Wildman–Crippen LogP) is 0.346. The van der Waals surface area contributed by atoms with Gasteiger partial charge in [-0.3, -0.25) is 9.59 Å². The van der Waals surface area contributed by atoms with Crippen LogP contribution in [0.2, 0.25) is 0 Å². The summed E-state index contributed by atoms with van der Waals surface area (Å²) < 4.78 is 24.2. The lowest BCUT2D eigenvalue weighted by atomic mass is 10.2. The molecule has 0 spiro atoms. The highest BCUT2D eigenvalue weighted by Crippen LogP contribution is 2.29. The maximum Gasteiger partial charge on any atom is 0.242 e. The lowest BCUT2D eigenvalue weighted by molar-refractivity contribution is -0.122. The number of sulfone groups is 1. The summed E-state index contributed by atoms with van der Waals surface area (Å²) in [5.74, 6) is 0.0461. The van der Waals surface area contributed by atoms with Crippen LogP contribution in [0.25, 0.3) is 0 Å². The highest BCUT2D eigenvalue weighted by atomic mass is 32.2. The molecule has 2 amide bonds. The molecule has 3 rings (SSSR count). The summed E-state index contributed by atoms with van der Waals surface area (Å²) in [4.78, 5) is 23.9. The topological polar surface area (TPSA) is 123 Å². The van der Waals surface area contributed by atoms with Crippen molar-refractivity contribution in [3.63, 3.8) is 0 Å². The Labute approximate surface area is 150 Å². The Morgan fingerprint density at radius 3 is 2.54 bits per heavy atom. The van der Waals surface area contributed by atoms with Gasteiger partial charge in [-0.15, -0.1) is 5.10 Å². The number of anilines is 1. The van der Waals surface area contributed by atoms with Crippen LogP contribution in [0.3, 0.4) is 0 Å². The van der Waals surface area contributed by atoms with Gasteiger partial charge in [0.25, 0.3) is 0 Å². The molecule has 2 N–H and O–H groups in total. The van der Waals surface area contributed by atoms with Crippen LogP contribution in [-0.2, 0) is 32.5 Å². The van der Waals surface area contributed by atoms with Crippen LogP contribution >= 0.6 is 0 Å². The van der Waals surface area contributed by atoms with Gasteiger partial charge in [-0.2, -0.15) is 0 Å². The van der Waals surface area contributed by atoms with Crippen LogP contribution in [0.15, 0.2) is 35.4 Å². The van der Waals surface area contributed by atoms with E-state index in [2.05, 4.69) is 20.9 Å². The molecule has 26 heavy (non-hydrogen) atoms. The summed E-state index contributed by atoms with van der Waals surface area (Å²) in [6, 6.07) is 6.31. The summed E-state index contributed by atoms with van der Waals surface area (Å²) in [6.45, 7) is 0.233. The molecule has 1 saturated carbocycles. The Bertz CT molecular complexity index is 916. The second-order valence-electron chi connectivity index (χ2n) is 6.26. The molecule has 0 atom stereocenters. The van der Waals surface area contributed by atoms with Gasteiger partial charge in [0, 0.05) is 18.7 Å². The number of nitrogens with zero attached hydrogens (tertiary/aromatic N) is 3. The predicted molar refractivity (Wildman–Crippen MR) is 92.8 cm³/mol. The molecular weight excluding hydrogens is 358 g/mol. The van der Waals surface area contributed by atoms with E-state index in [1.165, 1.54) is 23.0 Å². The number of carbonyl (C=O) groups is 2. The van der Waals surface area contributed by atoms with Gasteiger partial charge in [0.2, 0.25) is 11.8 Å². The first-order valence-electron chi connectivity index (χ1n) is 8.08. The average molecular weight is 377 g/mol. The minimum absolute atomic E-state index is 0.0340. The number of amides is 2. The number of hydrogen-bond acceptors (Lipinski definition) is 6. The van der Waals surface area contributed by atoms with E-state index in [0.717, 1.165) is 24.7 Å². The monoisotopic (exact) mass is 377 g/mol. The lowest BCUT2D eigenvalue weighted by Gasteiger charge is -2.06. The first kappa shape index (κ1) is 18.1. The largest absolute Gasteiger partial charge is 0.350 e. The molecule has 2 aromatic rings. The van der Waals surface area contributed by atoms with Gasteiger partial charge in [0.05, 0.1) is 11.1 Å². The number of benzene rings is 1. The molecule has 1 aromatic heterocycles. The van der Waals surface area contributed by atoms with Crippen molar-refractivity contribution in [3.8, 4) is 0 Å². The van der Waals surface area contributed by atoms with Gasteiger partial charge >= 0.3 is 0 Å². The van der Waals surface area contributed by atoms with E-state index in [0.29, 0.717) is 5.82 Å². The van der Waals surface area contributed by atoms with Crippen LogP contribution in [0, 0.1) is 5.92 Å². The number of carbonyl (C=O) groups excluding carboxylic acids is 2. The fraction of sp³-hybridized carbons (Fsp3) is 0.375. The molecular formula is C16H19N5O4S. The van der Waals surface area contributed by atoms with Gasteiger partial charge in [0.1, 0.15) is 6.54 Å². The third kappa shape index (κ3) is 4.88. The summed E-state index contributed by atoms with van der Waals surface area (Å²) in [6.07, 6.45) is 4.44. The Hall–Kier alpha value is -2.75. The second kappa shape index (κ2) is 7.24. The highest BCUT2D eigenvalue weighted by molar-refractivity contribution is 7.90. The number of nitrogens with one attached hydrogen (secondary N) is 2. The maximum atomic E-state index is 12.0. The molecule has 10 heteroatoms. The Morgan fingerprint density at radius 1 is 1.23 bits per heavy atom. The van der Waals surface area contributed by atoms with Crippen molar-refractivity contribution in [2.75, 3.05) is 11.6 Å². The van der Waals surface area contributed by atoms with E-state index in [1.54, 1.807) is 12.1 Å². The van der Waals surface area contributed by atoms with Crippen molar-refractivity contribution < 1.29 is 18.0 Å². The molecule has 138 valence electrons. The smallest absolute Gasteiger partial charge is 0.242 e. The van der Waals surface area contributed by atoms with Gasteiger partial charge in [0.15, 0.2) is 15.7 Å². The van der Waals surface area contributed by atoms with Crippen molar-refractivity contribution in [2.24, 2.45) is 5.92 Å². The van der Waals surface area contributed by atoms with E-state index in [-0.39, 0.29) is 35.7 Å². The number of rotatable bonds is 7. The third-order valence-corrected chi connectivity index (χ3v) is 5.01. The summed E-state index contributed by atoms with van der Waals surface area (Å²) in [7, 11) is -3.24. The van der Waals surface area contributed by atoms with Crippen molar-refractivity contribution in [2.45, 2.75) is 30.8 Å². The van der Waals surface area contributed by atoms with Gasteiger partial charge in [-0.1, -0.05) is 17.3 Å². The van der Waals surface area contributed by atoms with Gasteiger partial charge < -0.3 is 10.6 Å². The van der Waals surface area contributed by atoms with Crippen LogP contribution in [0.4, 0.5) is 5.82 Å². The Balaban J connectivity index is 1.48. The van der Waals surface area contributed by atoms with E-state index < -0.39 is 9.84 Å². The van der Waals surface area contributed by atoms with E-state index in [9.17, 15) is 18.0 Å². The average Bonchev–Trinajstić information content (AvgIpc) is 3.35. The zero-order valence-electron chi connectivity index (χ0n) is 14.2. The Kier molecular flexibility index (Phi) is 5.03. The molecule has 0 radical (unpaired) electrons. The van der Waals surface area contributed by atoms with Crippen LogP contribution in [-0.4, -0.2) is 41.5 Å². The molecule has 1 fully saturated rings. The summed E-state index contributed by atoms with van der Waals surface area (Å²) in [5, 5.41) is 13.0. The molecule has 0 saturated heterocycles. The molecule has 0 bridgehead atoms. The SMILES string of the molecule is CS(=O)(=O)c1ccc(CNC(=O)Cn2cc(NC(=O)C3CC3)nn2)cc1. The quantitative estimate of drug-likeness (QED) is 0.718. The van der Waals surface area contributed by atoms with E-state index in [1.807, 2.05) is 0 Å². The molecule has 1 aliphatic rings. The van der Waals surface area contributed by atoms with Crippen molar-refractivity contribution in [1.82, 2.24) is 20.3 Å². The molecule has 0 unspecified atom stereocenters. The van der Waals surface area contributed by atoms with E-state index in [4.69, 9.17) is 0 Å². The molecule has 9 nitrogen and oxygen atoms in total. The first-order valence-corrected chi connectivity index (χ1v) is 9.97.